The standard InChI is InChI=1S/C40H42N4O8S2/c1-6-51-28-17-15-25(16-18-28)21-31(42-35(46)26-11-8-7-9-12-26)36(47)41-27-13-10-14-29(22-27)53-24-33(45)43-37-34(38(48)50-5)30-19-20-44(23-32(30)54-37)39(49)52-40(2,3)4/h7-18,21-22H,6,19-20,23-24H2,1-5H3,(H,41,47)(H,42,46)(H,43,45)/b31-21+. The van der Waals surface area contributed by atoms with Crippen molar-refractivity contribution in [2.45, 2.75) is 51.2 Å². The molecule has 0 saturated heterocycles. The van der Waals surface area contributed by atoms with Crippen molar-refractivity contribution in [1.29, 1.82) is 0 Å². The van der Waals surface area contributed by atoms with Crippen molar-refractivity contribution >= 4 is 69.6 Å². The van der Waals surface area contributed by atoms with Gasteiger partial charge in [-0.25, -0.2) is 9.59 Å². The molecule has 54 heavy (non-hydrogen) atoms. The number of carbonyl (C=O) groups excluding carboxylic acids is 5. The number of hydrogen-bond acceptors (Lipinski definition) is 10. The molecule has 1 aromatic heterocycles. The zero-order valence-corrected chi connectivity index (χ0v) is 32.3. The molecule has 0 fully saturated rings. The molecular formula is C40H42N4O8S2. The van der Waals surface area contributed by atoms with Gasteiger partial charge in [0.25, 0.3) is 11.8 Å². The minimum Gasteiger partial charge on any atom is -0.494 e. The van der Waals surface area contributed by atoms with Gasteiger partial charge in [-0.1, -0.05) is 36.4 Å². The fourth-order valence-electron chi connectivity index (χ4n) is 5.40. The molecule has 4 aromatic rings. The maximum Gasteiger partial charge on any atom is 0.410 e. The molecule has 0 atom stereocenters. The van der Waals surface area contributed by atoms with Crippen LogP contribution in [0, 0.1) is 0 Å². The highest BCUT2D eigenvalue weighted by Crippen LogP contribution is 2.38. The molecule has 5 rings (SSSR count). The third-order valence-corrected chi connectivity index (χ3v) is 9.97. The molecule has 0 spiro atoms. The van der Waals surface area contributed by atoms with Crippen LogP contribution >= 0.6 is 23.1 Å². The van der Waals surface area contributed by atoms with Gasteiger partial charge in [0, 0.05) is 27.6 Å². The third-order valence-electron chi connectivity index (χ3n) is 7.84. The molecule has 1 aliphatic rings. The summed E-state index contributed by atoms with van der Waals surface area (Å²) in [6, 6.07) is 22.7. The second-order valence-corrected chi connectivity index (χ2v) is 15.2. The predicted molar refractivity (Wildman–Crippen MR) is 210 cm³/mol. The van der Waals surface area contributed by atoms with E-state index < -0.39 is 29.5 Å². The topological polar surface area (TPSA) is 152 Å². The third kappa shape index (κ3) is 10.7. The van der Waals surface area contributed by atoms with Crippen LogP contribution in [0.15, 0.2) is 89.5 Å². The summed E-state index contributed by atoms with van der Waals surface area (Å²) < 4.78 is 16.1. The molecular weight excluding hydrogens is 729 g/mol. The highest BCUT2D eigenvalue weighted by Gasteiger charge is 2.32. The van der Waals surface area contributed by atoms with E-state index in [0.29, 0.717) is 52.0 Å². The molecule has 1 aliphatic heterocycles. The first-order valence-corrected chi connectivity index (χ1v) is 19.0. The predicted octanol–water partition coefficient (Wildman–Crippen LogP) is 7.37. The molecule has 282 valence electrons. The number of nitrogens with one attached hydrogen (secondary N) is 3. The molecule has 0 aliphatic carbocycles. The molecule has 4 amide bonds. The highest BCUT2D eigenvalue weighted by molar-refractivity contribution is 8.00. The Morgan fingerprint density at radius 3 is 2.37 bits per heavy atom. The van der Waals surface area contributed by atoms with Crippen LogP contribution in [0.25, 0.3) is 6.08 Å². The van der Waals surface area contributed by atoms with Crippen molar-refractivity contribution < 1.29 is 38.2 Å². The van der Waals surface area contributed by atoms with Crippen molar-refractivity contribution in [2.75, 3.05) is 36.6 Å². The van der Waals surface area contributed by atoms with Gasteiger partial charge < -0.3 is 35.1 Å². The minimum atomic E-state index is -0.649. The number of anilines is 2. The smallest absolute Gasteiger partial charge is 0.410 e. The van der Waals surface area contributed by atoms with Gasteiger partial charge in [-0.15, -0.1) is 23.1 Å². The van der Waals surface area contributed by atoms with Crippen molar-refractivity contribution in [3.8, 4) is 5.75 Å². The van der Waals surface area contributed by atoms with Crippen LogP contribution in [-0.4, -0.2) is 66.3 Å². The molecule has 0 bridgehead atoms. The normalized spacial score (nSPS) is 12.6. The van der Waals surface area contributed by atoms with E-state index in [-0.39, 0.29) is 29.5 Å². The summed E-state index contributed by atoms with van der Waals surface area (Å²) in [4.78, 5) is 68.4. The van der Waals surface area contributed by atoms with E-state index in [2.05, 4.69) is 16.0 Å². The number of methoxy groups -OCH3 is 1. The number of ether oxygens (including phenoxy) is 3. The van der Waals surface area contributed by atoms with Crippen LogP contribution in [0.3, 0.4) is 0 Å². The fourth-order valence-corrected chi connectivity index (χ4v) is 7.42. The number of rotatable bonds is 12. The summed E-state index contributed by atoms with van der Waals surface area (Å²) in [5, 5.41) is 8.80. The monoisotopic (exact) mass is 770 g/mol. The lowest BCUT2D eigenvalue weighted by molar-refractivity contribution is -0.114. The van der Waals surface area contributed by atoms with E-state index >= 15 is 0 Å². The van der Waals surface area contributed by atoms with E-state index in [1.165, 1.54) is 30.2 Å². The van der Waals surface area contributed by atoms with Gasteiger partial charge in [-0.2, -0.15) is 0 Å². The number of nitrogens with zero attached hydrogens (tertiary/aromatic N) is 1. The van der Waals surface area contributed by atoms with Gasteiger partial charge in [0.1, 0.15) is 22.0 Å². The number of carbonyl (C=O) groups is 5. The van der Waals surface area contributed by atoms with E-state index in [0.717, 1.165) is 10.4 Å². The molecule has 0 radical (unpaired) electrons. The Kier molecular flexibility index (Phi) is 13.2. The van der Waals surface area contributed by atoms with Gasteiger partial charge in [0.2, 0.25) is 5.91 Å². The van der Waals surface area contributed by atoms with Gasteiger partial charge in [0.05, 0.1) is 31.6 Å². The Hall–Kier alpha value is -5.60. The maximum atomic E-state index is 13.6. The van der Waals surface area contributed by atoms with Gasteiger partial charge in [0.15, 0.2) is 0 Å². The lowest BCUT2D eigenvalue weighted by Gasteiger charge is -2.30. The van der Waals surface area contributed by atoms with Crippen molar-refractivity contribution in [2.24, 2.45) is 0 Å². The molecule has 12 nitrogen and oxygen atoms in total. The van der Waals surface area contributed by atoms with Crippen LogP contribution in [-0.2, 0) is 32.0 Å². The second-order valence-electron chi connectivity index (χ2n) is 13.1. The van der Waals surface area contributed by atoms with E-state index in [1.807, 2.05) is 6.92 Å². The Morgan fingerprint density at radius 2 is 1.69 bits per heavy atom. The number of hydrogen-bond donors (Lipinski definition) is 3. The molecule has 0 unspecified atom stereocenters. The molecule has 14 heteroatoms. The Bertz CT molecular complexity index is 2040. The molecule has 2 heterocycles. The summed E-state index contributed by atoms with van der Waals surface area (Å²) in [5.41, 5.74) is 1.93. The minimum absolute atomic E-state index is 0.000634. The number of esters is 1. The quantitative estimate of drug-likeness (QED) is 0.0762. The summed E-state index contributed by atoms with van der Waals surface area (Å²) >= 11 is 2.47. The van der Waals surface area contributed by atoms with Crippen LogP contribution in [0.2, 0.25) is 0 Å². The van der Waals surface area contributed by atoms with Crippen LogP contribution < -0.4 is 20.7 Å². The fraction of sp³-hybridized carbons (Fsp3) is 0.275. The van der Waals surface area contributed by atoms with Gasteiger partial charge in [-0.05, 0) is 93.8 Å². The first-order chi connectivity index (χ1) is 25.8. The van der Waals surface area contributed by atoms with Crippen LogP contribution in [0.4, 0.5) is 15.5 Å². The maximum absolute atomic E-state index is 13.6. The number of thiophene rings is 1. The van der Waals surface area contributed by atoms with Crippen LogP contribution in [0.5, 0.6) is 5.75 Å². The first kappa shape index (κ1) is 39.6. The SMILES string of the molecule is CCOc1ccc(/C=C(/NC(=O)c2ccccc2)C(=O)Nc2cccc(SCC(=O)Nc3sc4c(c3C(=O)OC)CCN(C(=O)OC(C)(C)C)C4)c2)cc1. The lowest BCUT2D eigenvalue weighted by Crippen LogP contribution is -2.39. The highest BCUT2D eigenvalue weighted by atomic mass is 32.2. The summed E-state index contributed by atoms with van der Waals surface area (Å²) in [7, 11) is 1.28. The Balaban J connectivity index is 1.26. The average molecular weight is 771 g/mol. The first-order valence-electron chi connectivity index (χ1n) is 17.2. The summed E-state index contributed by atoms with van der Waals surface area (Å²) in [6.07, 6.45) is 1.54. The number of fused-ring (bicyclic) bond motifs is 1. The molecule has 3 N–H and O–H groups in total. The van der Waals surface area contributed by atoms with Gasteiger partial charge >= 0.3 is 12.1 Å². The van der Waals surface area contributed by atoms with Crippen molar-refractivity contribution in [1.82, 2.24) is 10.2 Å². The largest absolute Gasteiger partial charge is 0.494 e. The Labute approximate surface area is 322 Å². The second kappa shape index (κ2) is 18.0. The van der Waals surface area contributed by atoms with Crippen molar-refractivity contribution in [3.05, 3.63) is 112 Å². The summed E-state index contributed by atoms with van der Waals surface area (Å²) in [6.45, 7) is 8.40. The Morgan fingerprint density at radius 1 is 0.944 bits per heavy atom. The van der Waals surface area contributed by atoms with E-state index in [4.69, 9.17) is 14.2 Å². The molecule has 0 saturated carbocycles. The zero-order chi connectivity index (χ0) is 38.8. The van der Waals surface area contributed by atoms with E-state index in [1.54, 1.807) is 111 Å². The van der Waals surface area contributed by atoms with E-state index in [9.17, 15) is 24.0 Å². The van der Waals surface area contributed by atoms with Crippen LogP contribution in [0.1, 0.15) is 64.4 Å². The summed E-state index contributed by atoms with van der Waals surface area (Å²) in [5.74, 6) is -1.23. The average Bonchev–Trinajstić information content (AvgIpc) is 3.51. The lowest BCUT2D eigenvalue weighted by atomic mass is 10.0. The number of thioether (sulfide) groups is 1. The van der Waals surface area contributed by atoms with Crippen molar-refractivity contribution in [3.63, 3.8) is 0 Å². The number of benzene rings is 3. The molecule has 3 aromatic carbocycles. The zero-order valence-electron chi connectivity index (χ0n) is 30.6. The number of amides is 4. The van der Waals surface area contributed by atoms with Gasteiger partial charge in [-0.3, -0.25) is 14.4 Å².